The van der Waals surface area contributed by atoms with E-state index in [9.17, 15) is 13.6 Å². The molecule has 0 atom stereocenters. The molecule has 0 radical (unpaired) electrons. The highest BCUT2D eigenvalue weighted by molar-refractivity contribution is 6.34. The fraction of sp³-hybridized carbons (Fsp3) is 0.625. The van der Waals surface area contributed by atoms with Crippen molar-refractivity contribution in [1.82, 2.24) is 0 Å². The number of carbonyl (C=O) groups is 1. The molecule has 0 spiro atoms. The first-order chi connectivity index (χ1) is 5.98. The summed E-state index contributed by atoms with van der Waals surface area (Å²) in [6.45, 7) is 2.37. The Morgan fingerprint density at radius 3 is 2.69 bits per heavy atom. The zero-order valence-corrected chi connectivity index (χ0v) is 7.98. The molecule has 0 heterocycles. The summed E-state index contributed by atoms with van der Waals surface area (Å²) in [6, 6.07) is 0. The Kier molecular flexibility index (Phi) is 5.62. The van der Waals surface area contributed by atoms with Crippen molar-refractivity contribution in [2.24, 2.45) is 0 Å². The van der Waals surface area contributed by atoms with E-state index < -0.39 is 11.2 Å². The lowest BCUT2D eigenvalue weighted by molar-refractivity contribution is -0.128. The number of ketones is 1. The number of carbonyl (C=O) groups excluding carboxylic acids is 1. The molecule has 0 aliphatic rings. The van der Waals surface area contributed by atoms with Gasteiger partial charge in [0.1, 0.15) is 0 Å². The van der Waals surface area contributed by atoms with E-state index in [-0.39, 0.29) is 0 Å². The molecule has 0 amide bonds. The second kappa shape index (κ2) is 5.91. The van der Waals surface area contributed by atoms with Crippen LogP contribution in [0, 0.1) is 0 Å². The van der Waals surface area contributed by atoms with E-state index in [1.807, 2.05) is 6.92 Å². The first-order valence-electron chi connectivity index (χ1n) is 3.87. The lowest BCUT2D eigenvalue weighted by Gasteiger charge is -2.01. The van der Waals surface area contributed by atoms with Crippen molar-refractivity contribution >= 4 is 17.4 Å². The van der Waals surface area contributed by atoms with Crippen LogP contribution in [0.4, 0.5) is 8.78 Å². The first-order valence-corrected chi connectivity index (χ1v) is 4.25. The van der Waals surface area contributed by atoms with Crippen molar-refractivity contribution in [3.8, 4) is 0 Å². The number of halogens is 3. The van der Waals surface area contributed by atoms with Crippen LogP contribution in [0.5, 0.6) is 0 Å². The SMILES string of the molecule is CCCCO/C=C/C(=O)C(F)(F)Cl. The van der Waals surface area contributed by atoms with Crippen molar-refractivity contribution in [1.29, 1.82) is 0 Å². The lowest BCUT2D eigenvalue weighted by Crippen LogP contribution is -2.18. The van der Waals surface area contributed by atoms with Crippen LogP contribution in [-0.2, 0) is 9.53 Å². The van der Waals surface area contributed by atoms with Gasteiger partial charge in [0.25, 0.3) is 0 Å². The number of hydrogen-bond donors (Lipinski definition) is 0. The number of hydrogen-bond acceptors (Lipinski definition) is 2. The number of ether oxygens (including phenoxy) is 1. The maximum Gasteiger partial charge on any atom is 0.384 e. The zero-order valence-electron chi connectivity index (χ0n) is 7.23. The minimum atomic E-state index is -3.83. The van der Waals surface area contributed by atoms with Gasteiger partial charge in [-0.1, -0.05) is 13.3 Å². The second-order valence-electron chi connectivity index (χ2n) is 2.39. The highest BCUT2D eigenvalue weighted by Gasteiger charge is 2.33. The van der Waals surface area contributed by atoms with Gasteiger partial charge in [0.05, 0.1) is 12.9 Å². The number of unbranched alkanes of at least 4 members (excludes halogenated alkanes) is 1. The molecule has 0 saturated carbocycles. The molecule has 0 aromatic carbocycles. The summed E-state index contributed by atoms with van der Waals surface area (Å²) in [5.41, 5.74) is 0. The van der Waals surface area contributed by atoms with E-state index in [1.54, 1.807) is 0 Å². The standard InChI is InChI=1S/C8H11ClF2O2/c1-2-3-5-13-6-4-7(12)8(9,10)11/h4,6H,2-3,5H2,1H3/b6-4+. The van der Waals surface area contributed by atoms with Gasteiger partial charge in [0.2, 0.25) is 5.78 Å². The van der Waals surface area contributed by atoms with Crippen LogP contribution >= 0.6 is 11.6 Å². The van der Waals surface area contributed by atoms with E-state index in [2.05, 4.69) is 11.6 Å². The third-order valence-corrected chi connectivity index (χ3v) is 1.40. The quantitative estimate of drug-likeness (QED) is 0.293. The molecule has 0 fully saturated rings. The number of alkyl halides is 3. The van der Waals surface area contributed by atoms with Crippen molar-refractivity contribution in [3.05, 3.63) is 12.3 Å². The highest BCUT2D eigenvalue weighted by atomic mass is 35.5. The Morgan fingerprint density at radius 1 is 1.62 bits per heavy atom. The monoisotopic (exact) mass is 212 g/mol. The Morgan fingerprint density at radius 2 is 2.23 bits per heavy atom. The van der Waals surface area contributed by atoms with Crippen LogP contribution in [0.15, 0.2) is 12.3 Å². The molecule has 0 N–H and O–H groups in total. The van der Waals surface area contributed by atoms with Crippen molar-refractivity contribution < 1.29 is 18.3 Å². The Hall–Kier alpha value is -0.640. The molecular formula is C8H11ClF2O2. The molecule has 0 rings (SSSR count). The molecule has 0 aromatic rings. The smallest absolute Gasteiger partial charge is 0.384 e. The molecule has 0 saturated heterocycles. The summed E-state index contributed by atoms with van der Waals surface area (Å²) >= 11 is 4.43. The maximum atomic E-state index is 12.0. The lowest BCUT2D eigenvalue weighted by atomic mass is 10.4. The summed E-state index contributed by atoms with van der Waals surface area (Å²) in [5.74, 6) is -1.47. The number of allylic oxidation sites excluding steroid dienone is 1. The Bertz CT molecular complexity index is 187. The van der Waals surface area contributed by atoms with E-state index in [4.69, 9.17) is 4.74 Å². The first kappa shape index (κ1) is 12.4. The molecule has 0 aliphatic heterocycles. The summed E-state index contributed by atoms with van der Waals surface area (Å²) in [5, 5.41) is -3.83. The maximum absolute atomic E-state index is 12.0. The average Bonchev–Trinajstić information content (AvgIpc) is 2.02. The van der Waals surface area contributed by atoms with Crippen LogP contribution in [-0.4, -0.2) is 17.8 Å². The predicted molar refractivity (Wildman–Crippen MR) is 45.8 cm³/mol. The molecule has 76 valence electrons. The summed E-state index contributed by atoms with van der Waals surface area (Å²) in [4.78, 5) is 10.4. The fourth-order valence-corrected chi connectivity index (χ4v) is 0.563. The van der Waals surface area contributed by atoms with Crippen LogP contribution < -0.4 is 0 Å². The summed E-state index contributed by atoms with van der Waals surface area (Å²) in [6.07, 6.45) is 3.32. The number of rotatable bonds is 6. The van der Waals surface area contributed by atoms with Crippen LogP contribution in [0.3, 0.4) is 0 Å². The van der Waals surface area contributed by atoms with E-state index >= 15 is 0 Å². The Labute approximate surface area is 80.5 Å². The minimum absolute atomic E-state index is 0.411. The molecule has 2 nitrogen and oxygen atoms in total. The fourth-order valence-electron chi connectivity index (χ4n) is 0.500. The van der Waals surface area contributed by atoms with Crippen LogP contribution in [0.25, 0.3) is 0 Å². The van der Waals surface area contributed by atoms with E-state index in [1.165, 1.54) is 0 Å². The molecule has 0 unspecified atom stereocenters. The third-order valence-electron chi connectivity index (χ3n) is 1.21. The molecule has 0 bridgehead atoms. The van der Waals surface area contributed by atoms with E-state index in [0.29, 0.717) is 12.7 Å². The van der Waals surface area contributed by atoms with Crippen molar-refractivity contribution in [3.63, 3.8) is 0 Å². The minimum Gasteiger partial charge on any atom is -0.501 e. The van der Waals surface area contributed by atoms with Crippen LogP contribution in [0.2, 0.25) is 0 Å². The van der Waals surface area contributed by atoms with Crippen molar-refractivity contribution in [2.45, 2.75) is 25.1 Å². The van der Waals surface area contributed by atoms with Crippen molar-refractivity contribution in [2.75, 3.05) is 6.61 Å². The van der Waals surface area contributed by atoms with Gasteiger partial charge in [-0.2, -0.15) is 8.78 Å². The van der Waals surface area contributed by atoms with Gasteiger partial charge in [0.15, 0.2) is 0 Å². The average molecular weight is 213 g/mol. The van der Waals surface area contributed by atoms with Gasteiger partial charge in [-0.25, -0.2) is 0 Å². The van der Waals surface area contributed by atoms with Gasteiger partial charge in [0, 0.05) is 6.08 Å². The molecular weight excluding hydrogens is 202 g/mol. The molecule has 5 heteroatoms. The van der Waals surface area contributed by atoms with E-state index in [0.717, 1.165) is 19.1 Å². The highest BCUT2D eigenvalue weighted by Crippen LogP contribution is 2.20. The predicted octanol–water partition coefficient (Wildman–Crippen LogP) is 2.72. The van der Waals surface area contributed by atoms with Gasteiger partial charge in [-0.05, 0) is 18.0 Å². The van der Waals surface area contributed by atoms with Gasteiger partial charge in [-0.15, -0.1) is 0 Å². The second-order valence-corrected chi connectivity index (χ2v) is 2.86. The van der Waals surface area contributed by atoms with Crippen LogP contribution in [0.1, 0.15) is 19.8 Å². The summed E-state index contributed by atoms with van der Waals surface area (Å²) in [7, 11) is 0. The third kappa shape index (κ3) is 6.51. The molecule has 0 aromatic heterocycles. The molecule has 13 heavy (non-hydrogen) atoms. The topological polar surface area (TPSA) is 26.3 Å². The Balaban J connectivity index is 3.67. The normalized spacial score (nSPS) is 12.0. The van der Waals surface area contributed by atoms with Gasteiger partial charge in [-0.3, -0.25) is 4.79 Å². The largest absolute Gasteiger partial charge is 0.501 e. The van der Waals surface area contributed by atoms with Gasteiger partial charge >= 0.3 is 5.38 Å². The summed E-state index contributed by atoms with van der Waals surface area (Å²) < 4.78 is 28.7. The zero-order chi connectivity index (χ0) is 10.3. The van der Waals surface area contributed by atoms with Gasteiger partial charge < -0.3 is 4.74 Å². The molecule has 0 aliphatic carbocycles.